The highest BCUT2D eigenvalue weighted by atomic mass is 35.5. The third-order valence-electron chi connectivity index (χ3n) is 4.47. The first-order valence-electron chi connectivity index (χ1n) is 8.82. The van der Waals surface area contributed by atoms with Gasteiger partial charge in [-0.3, -0.25) is 14.4 Å². The second kappa shape index (κ2) is 9.19. The van der Waals surface area contributed by atoms with Crippen LogP contribution < -0.4 is 10.2 Å². The zero-order valence-electron chi connectivity index (χ0n) is 15.8. The molecule has 156 valence electrons. The number of methoxy groups -OCH3 is 1. The fraction of sp³-hybridized carbons (Fsp3) is 0.200. The molecule has 1 atom stereocenters. The Kier molecular flexibility index (Phi) is 6.63. The Morgan fingerprint density at radius 1 is 1.23 bits per heavy atom. The van der Waals surface area contributed by atoms with Crippen molar-refractivity contribution in [2.45, 2.75) is 12.5 Å². The monoisotopic (exact) mass is 449 g/mol. The van der Waals surface area contributed by atoms with Crippen LogP contribution in [0.15, 0.2) is 48.5 Å². The summed E-state index contributed by atoms with van der Waals surface area (Å²) in [5.41, 5.74) is 0.829. The summed E-state index contributed by atoms with van der Waals surface area (Å²) < 4.78 is 17.9. The van der Waals surface area contributed by atoms with Crippen molar-refractivity contribution in [1.82, 2.24) is 4.90 Å². The van der Waals surface area contributed by atoms with E-state index in [1.165, 1.54) is 24.1 Å². The summed E-state index contributed by atoms with van der Waals surface area (Å²) in [7, 11) is 1.21. The van der Waals surface area contributed by atoms with Crippen LogP contribution in [-0.2, 0) is 19.1 Å². The number of esters is 1. The van der Waals surface area contributed by atoms with Gasteiger partial charge in [-0.05, 0) is 60.7 Å². The van der Waals surface area contributed by atoms with E-state index < -0.39 is 29.6 Å². The van der Waals surface area contributed by atoms with Gasteiger partial charge in [-0.2, -0.15) is 0 Å². The molecular formula is C20H17ClFN3O4S. The Morgan fingerprint density at radius 2 is 1.87 bits per heavy atom. The zero-order valence-corrected chi connectivity index (χ0v) is 17.4. The number of hydrogen-bond donors (Lipinski definition) is 1. The number of carbonyl (C=O) groups is 3. The minimum atomic E-state index is -1.02. The van der Waals surface area contributed by atoms with Gasteiger partial charge in [-0.1, -0.05) is 11.6 Å². The van der Waals surface area contributed by atoms with Crippen molar-refractivity contribution in [3.63, 3.8) is 0 Å². The normalized spacial score (nSPS) is 15.8. The maximum absolute atomic E-state index is 13.2. The third-order valence-corrected chi connectivity index (χ3v) is 5.06. The molecule has 3 rings (SSSR count). The van der Waals surface area contributed by atoms with Crippen molar-refractivity contribution >= 4 is 58.1 Å². The molecule has 0 radical (unpaired) electrons. The molecule has 1 unspecified atom stereocenters. The van der Waals surface area contributed by atoms with Crippen LogP contribution >= 0.6 is 23.8 Å². The van der Waals surface area contributed by atoms with E-state index in [9.17, 15) is 18.8 Å². The van der Waals surface area contributed by atoms with Crippen LogP contribution in [0.2, 0.25) is 5.02 Å². The number of ether oxygens (including phenoxy) is 1. The predicted octanol–water partition coefficient (Wildman–Crippen LogP) is 2.98. The molecule has 2 aromatic carbocycles. The lowest BCUT2D eigenvalue weighted by molar-refractivity contribution is -0.141. The quantitative estimate of drug-likeness (QED) is 0.427. The molecular weight excluding hydrogens is 433 g/mol. The van der Waals surface area contributed by atoms with Crippen molar-refractivity contribution in [2.75, 3.05) is 23.9 Å². The molecule has 1 aliphatic heterocycles. The minimum absolute atomic E-state index is 0.0647. The first-order chi connectivity index (χ1) is 14.3. The standard InChI is InChI=1S/C20H17ClFN3O4S/c1-29-18(27)11-24(20(30)23-14-6-2-12(21)3-7-14)16-10-17(26)25(19(16)28)15-8-4-13(22)5-9-15/h2-9,16H,10-11H2,1H3,(H,23,30). The van der Waals surface area contributed by atoms with E-state index in [1.807, 2.05) is 0 Å². The molecule has 0 saturated carbocycles. The van der Waals surface area contributed by atoms with Gasteiger partial charge in [0.25, 0.3) is 5.91 Å². The van der Waals surface area contributed by atoms with Gasteiger partial charge in [0, 0.05) is 10.7 Å². The molecule has 2 amide bonds. The highest BCUT2D eigenvalue weighted by Gasteiger charge is 2.44. The lowest BCUT2D eigenvalue weighted by Gasteiger charge is -2.29. The summed E-state index contributed by atoms with van der Waals surface area (Å²) in [4.78, 5) is 39.8. The van der Waals surface area contributed by atoms with Crippen LogP contribution in [0, 0.1) is 5.82 Å². The van der Waals surface area contributed by atoms with Crippen LogP contribution in [0.3, 0.4) is 0 Å². The van der Waals surface area contributed by atoms with Gasteiger partial charge < -0.3 is 15.0 Å². The SMILES string of the molecule is COC(=O)CN(C(=S)Nc1ccc(Cl)cc1)C1CC(=O)N(c2ccc(F)cc2)C1=O. The van der Waals surface area contributed by atoms with E-state index in [-0.39, 0.29) is 23.8 Å². The summed E-state index contributed by atoms with van der Waals surface area (Å²) in [6.07, 6.45) is -0.199. The lowest BCUT2D eigenvalue weighted by Crippen LogP contribution is -2.49. The lowest BCUT2D eigenvalue weighted by atomic mass is 10.2. The average molecular weight is 450 g/mol. The Morgan fingerprint density at radius 3 is 2.47 bits per heavy atom. The van der Waals surface area contributed by atoms with E-state index in [4.69, 9.17) is 28.6 Å². The Hall–Kier alpha value is -3.04. The topological polar surface area (TPSA) is 79.0 Å². The van der Waals surface area contributed by atoms with Gasteiger partial charge in [-0.15, -0.1) is 0 Å². The van der Waals surface area contributed by atoms with Crippen LogP contribution in [0.4, 0.5) is 15.8 Å². The second-order valence-corrected chi connectivity index (χ2v) is 7.23. The van der Waals surface area contributed by atoms with Gasteiger partial charge in [0.15, 0.2) is 5.11 Å². The van der Waals surface area contributed by atoms with Gasteiger partial charge in [0.2, 0.25) is 5.91 Å². The molecule has 10 heteroatoms. The van der Waals surface area contributed by atoms with Crippen molar-refractivity contribution in [2.24, 2.45) is 0 Å². The maximum atomic E-state index is 13.2. The average Bonchev–Trinajstić information content (AvgIpc) is 3.02. The van der Waals surface area contributed by atoms with Gasteiger partial charge >= 0.3 is 5.97 Å². The first-order valence-corrected chi connectivity index (χ1v) is 9.61. The Balaban J connectivity index is 1.85. The zero-order chi connectivity index (χ0) is 21.8. The number of rotatable bonds is 5. The molecule has 1 aliphatic rings. The molecule has 1 saturated heterocycles. The molecule has 2 aromatic rings. The van der Waals surface area contributed by atoms with Gasteiger partial charge in [0.1, 0.15) is 18.4 Å². The highest BCUT2D eigenvalue weighted by Crippen LogP contribution is 2.26. The molecule has 1 N–H and O–H groups in total. The van der Waals surface area contributed by atoms with E-state index >= 15 is 0 Å². The molecule has 0 aromatic heterocycles. The molecule has 1 fully saturated rings. The number of hydrogen-bond acceptors (Lipinski definition) is 5. The number of benzene rings is 2. The summed E-state index contributed by atoms with van der Waals surface area (Å²) >= 11 is 11.3. The van der Waals surface area contributed by atoms with Gasteiger partial charge in [-0.25, -0.2) is 9.29 Å². The Labute approximate surface area is 182 Å². The van der Waals surface area contributed by atoms with E-state index in [1.54, 1.807) is 24.3 Å². The highest BCUT2D eigenvalue weighted by molar-refractivity contribution is 7.80. The number of thiocarbonyl (C=S) groups is 1. The van der Waals surface area contributed by atoms with Crippen LogP contribution in [0.25, 0.3) is 0 Å². The number of nitrogens with zero attached hydrogens (tertiary/aromatic N) is 2. The summed E-state index contributed by atoms with van der Waals surface area (Å²) in [6, 6.07) is 10.6. The Bertz CT molecular complexity index is 985. The summed E-state index contributed by atoms with van der Waals surface area (Å²) in [6.45, 7) is -0.336. The van der Waals surface area contributed by atoms with Crippen LogP contribution in [-0.4, -0.2) is 47.5 Å². The molecule has 1 heterocycles. The predicted molar refractivity (Wildman–Crippen MR) is 114 cm³/mol. The van der Waals surface area contributed by atoms with E-state index in [2.05, 4.69) is 5.32 Å². The fourth-order valence-electron chi connectivity index (χ4n) is 2.98. The number of amides is 2. The maximum Gasteiger partial charge on any atom is 0.325 e. The van der Waals surface area contributed by atoms with Crippen molar-refractivity contribution in [3.05, 3.63) is 59.4 Å². The molecule has 0 bridgehead atoms. The fourth-order valence-corrected chi connectivity index (χ4v) is 3.41. The molecule has 30 heavy (non-hydrogen) atoms. The molecule has 0 aliphatic carbocycles. The van der Waals surface area contributed by atoms with Crippen LogP contribution in [0.1, 0.15) is 6.42 Å². The summed E-state index contributed by atoms with van der Waals surface area (Å²) in [5, 5.41) is 3.53. The third kappa shape index (κ3) is 4.74. The molecule has 0 spiro atoms. The van der Waals surface area contributed by atoms with Crippen molar-refractivity contribution < 1.29 is 23.5 Å². The first kappa shape index (κ1) is 21.7. The second-order valence-electron chi connectivity index (χ2n) is 6.40. The summed E-state index contributed by atoms with van der Waals surface area (Å²) in [5.74, 6) is -2.18. The van der Waals surface area contributed by atoms with E-state index in [0.29, 0.717) is 10.7 Å². The number of imide groups is 1. The largest absolute Gasteiger partial charge is 0.468 e. The van der Waals surface area contributed by atoms with Crippen molar-refractivity contribution in [1.29, 1.82) is 0 Å². The number of anilines is 2. The number of nitrogens with one attached hydrogen (secondary N) is 1. The van der Waals surface area contributed by atoms with Gasteiger partial charge in [0.05, 0.1) is 19.2 Å². The van der Waals surface area contributed by atoms with Crippen LogP contribution in [0.5, 0.6) is 0 Å². The minimum Gasteiger partial charge on any atom is -0.468 e. The molecule has 7 nitrogen and oxygen atoms in total. The smallest absolute Gasteiger partial charge is 0.325 e. The number of carbonyl (C=O) groups excluding carboxylic acids is 3. The van der Waals surface area contributed by atoms with Crippen molar-refractivity contribution in [3.8, 4) is 0 Å². The number of halogens is 2. The van der Waals surface area contributed by atoms with E-state index in [0.717, 1.165) is 17.0 Å².